The van der Waals surface area contributed by atoms with E-state index in [0.717, 1.165) is 29.7 Å². The molecule has 1 atom stereocenters. The lowest BCUT2D eigenvalue weighted by atomic mass is 9.87. The highest BCUT2D eigenvalue weighted by atomic mass is 16.4. The van der Waals surface area contributed by atoms with Gasteiger partial charge in [0.05, 0.1) is 11.8 Å². The van der Waals surface area contributed by atoms with Gasteiger partial charge in [-0.3, -0.25) is 4.79 Å². The first-order valence-corrected chi connectivity index (χ1v) is 9.80. The molecule has 5 nitrogen and oxygen atoms in total. The van der Waals surface area contributed by atoms with E-state index >= 15 is 0 Å². The number of fused-ring (bicyclic) bond motifs is 1. The summed E-state index contributed by atoms with van der Waals surface area (Å²) in [7, 11) is 0. The highest BCUT2D eigenvalue weighted by Crippen LogP contribution is 2.28. The minimum Gasteiger partial charge on any atom is -0.478 e. The van der Waals surface area contributed by atoms with Crippen molar-refractivity contribution in [3.63, 3.8) is 0 Å². The minimum atomic E-state index is -0.953. The Labute approximate surface area is 169 Å². The molecule has 0 aliphatic heterocycles. The van der Waals surface area contributed by atoms with Crippen molar-refractivity contribution < 1.29 is 19.1 Å². The van der Waals surface area contributed by atoms with Crippen molar-refractivity contribution in [3.8, 4) is 0 Å². The van der Waals surface area contributed by atoms with E-state index in [1.165, 1.54) is 5.56 Å². The molecule has 2 aromatic carbocycles. The van der Waals surface area contributed by atoms with Gasteiger partial charge in [-0.15, -0.1) is 0 Å². The number of furan rings is 1. The van der Waals surface area contributed by atoms with Crippen LogP contribution in [0.4, 0.5) is 0 Å². The number of carbonyl (C=O) groups excluding carboxylic acids is 1. The quantitative estimate of drug-likeness (QED) is 0.682. The van der Waals surface area contributed by atoms with Gasteiger partial charge in [-0.25, -0.2) is 4.79 Å². The van der Waals surface area contributed by atoms with E-state index in [4.69, 9.17) is 9.52 Å². The number of aryl methyl sites for hydroxylation is 1. The summed E-state index contributed by atoms with van der Waals surface area (Å²) < 4.78 is 5.56. The predicted molar refractivity (Wildman–Crippen MR) is 108 cm³/mol. The van der Waals surface area contributed by atoms with Crippen LogP contribution in [-0.2, 0) is 30.7 Å². The molecule has 1 N–H and O–H groups in total. The lowest BCUT2D eigenvalue weighted by Gasteiger charge is -2.29. The molecule has 29 heavy (non-hydrogen) atoms. The molecule has 1 aliphatic carbocycles. The highest BCUT2D eigenvalue weighted by molar-refractivity contribution is 5.87. The van der Waals surface area contributed by atoms with Crippen LogP contribution in [0, 0.1) is 5.92 Å². The minimum absolute atomic E-state index is 0.101. The maximum absolute atomic E-state index is 13.4. The van der Waals surface area contributed by atoms with Crippen molar-refractivity contribution in [1.29, 1.82) is 0 Å². The molecule has 5 heteroatoms. The Morgan fingerprint density at radius 2 is 1.66 bits per heavy atom. The van der Waals surface area contributed by atoms with Crippen LogP contribution in [-0.4, -0.2) is 21.9 Å². The van der Waals surface area contributed by atoms with Gasteiger partial charge in [-0.1, -0.05) is 42.5 Å². The van der Waals surface area contributed by atoms with Crippen molar-refractivity contribution in [2.75, 3.05) is 0 Å². The van der Waals surface area contributed by atoms with Crippen LogP contribution in [0.2, 0.25) is 0 Å². The van der Waals surface area contributed by atoms with Crippen LogP contribution in [0.3, 0.4) is 0 Å². The molecular weight excluding hydrogens is 366 g/mol. The Hall–Kier alpha value is -3.34. The molecule has 1 aliphatic rings. The van der Waals surface area contributed by atoms with E-state index in [2.05, 4.69) is 0 Å². The summed E-state index contributed by atoms with van der Waals surface area (Å²) in [6, 6.07) is 18.6. The standard InChI is InChI=1S/C24H23NO4/c26-23(21-11-10-19-12-13-29-22(19)14-21)25(15-17-4-2-1-3-5-17)16-18-6-8-20(9-7-18)24(27)28/h1-9,12-13,21H,10-11,14-16H2,(H,27,28)/t21-/m0/s1. The Bertz CT molecular complexity index is 991. The number of hydrogen-bond donors (Lipinski definition) is 1. The third-order valence-corrected chi connectivity index (χ3v) is 5.48. The average Bonchev–Trinajstić information content (AvgIpc) is 3.22. The number of nitrogens with zero attached hydrogens (tertiary/aromatic N) is 1. The van der Waals surface area contributed by atoms with Gasteiger partial charge in [0.2, 0.25) is 5.91 Å². The van der Waals surface area contributed by atoms with Crippen LogP contribution in [0.5, 0.6) is 0 Å². The Balaban J connectivity index is 1.54. The monoisotopic (exact) mass is 389 g/mol. The third kappa shape index (κ3) is 4.40. The lowest BCUT2D eigenvalue weighted by molar-refractivity contribution is -0.137. The van der Waals surface area contributed by atoms with Gasteiger partial charge in [0.25, 0.3) is 0 Å². The molecule has 0 fully saturated rings. The van der Waals surface area contributed by atoms with Gasteiger partial charge in [0.15, 0.2) is 0 Å². The number of benzene rings is 2. The number of carboxylic acid groups (broad SMARTS) is 1. The van der Waals surface area contributed by atoms with Crippen molar-refractivity contribution in [2.24, 2.45) is 5.92 Å². The molecule has 4 rings (SSSR count). The summed E-state index contributed by atoms with van der Waals surface area (Å²) in [6.45, 7) is 0.955. The third-order valence-electron chi connectivity index (χ3n) is 5.48. The molecule has 0 radical (unpaired) electrons. The maximum atomic E-state index is 13.4. The lowest BCUT2D eigenvalue weighted by Crippen LogP contribution is -2.37. The van der Waals surface area contributed by atoms with Crippen molar-refractivity contribution in [3.05, 3.63) is 94.9 Å². The fraction of sp³-hybridized carbons (Fsp3) is 0.250. The van der Waals surface area contributed by atoms with Gasteiger partial charge in [0.1, 0.15) is 5.76 Å². The second-order valence-corrected chi connectivity index (χ2v) is 7.49. The van der Waals surface area contributed by atoms with E-state index in [9.17, 15) is 9.59 Å². The van der Waals surface area contributed by atoms with Gasteiger partial charge in [0, 0.05) is 25.4 Å². The fourth-order valence-electron chi connectivity index (χ4n) is 3.88. The molecule has 1 heterocycles. The van der Waals surface area contributed by atoms with E-state index in [1.54, 1.807) is 30.5 Å². The Kier molecular flexibility index (Phi) is 5.47. The molecule has 3 aromatic rings. The van der Waals surface area contributed by atoms with Crippen LogP contribution in [0.25, 0.3) is 0 Å². The fourth-order valence-corrected chi connectivity index (χ4v) is 3.88. The molecule has 148 valence electrons. The second-order valence-electron chi connectivity index (χ2n) is 7.49. The summed E-state index contributed by atoms with van der Waals surface area (Å²) in [6.07, 6.45) is 4.00. The average molecular weight is 389 g/mol. The highest BCUT2D eigenvalue weighted by Gasteiger charge is 2.30. The number of rotatable bonds is 6. The SMILES string of the molecule is O=C(O)c1ccc(CN(Cc2ccccc2)C(=O)[C@H]2CCc3ccoc3C2)cc1. The van der Waals surface area contributed by atoms with Gasteiger partial charge < -0.3 is 14.4 Å². The van der Waals surface area contributed by atoms with E-state index < -0.39 is 5.97 Å². The molecule has 1 aromatic heterocycles. The number of carbonyl (C=O) groups is 2. The Morgan fingerprint density at radius 3 is 2.34 bits per heavy atom. The number of carboxylic acids is 1. The molecule has 1 amide bonds. The van der Waals surface area contributed by atoms with Gasteiger partial charge in [-0.2, -0.15) is 0 Å². The summed E-state index contributed by atoms with van der Waals surface area (Å²) in [5, 5.41) is 9.10. The first-order chi connectivity index (χ1) is 14.1. The molecule has 0 bridgehead atoms. The molecule has 0 spiro atoms. The first kappa shape index (κ1) is 19.0. The van der Waals surface area contributed by atoms with Crippen LogP contribution >= 0.6 is 0 Å². The maximum Gasteiger partial charge on any atom is 0.335 e. The molecule has 0 saturated heterocycles. The smallest absolute Gasteiger partial charge is 0.335 e. The van der Waals surface area contributed by atoms with Gasteiger partial charge >= 0.3 is 5.97 Å². The van der Waals surface area contributed by atoms with E-state index in [1.807, 2.05) is 41.3 Å². The zero-order valence-corrected chi connectivity index (χ0v) is 16.1. The van der Waals surface area contributed by atoms with Crippen LogP contribution in [0.1, 0.15) is 39.2 Å². The normalized spacial score (nSPS) is 15.5. The molecule has 0 saturated carbocycles. The largest absolute Gasteiger partial charge is 0.478 e. The Morgan fingerprint density at radius 1 is 0.966 bits per heavy atom. The summed E-state index contributed by atoms with van der Waals surface area (Å²) in [5.41, 5.74) is 3.42. The van der Waals surface area contributed by atoms with E-state index in [0.29, 0.717) is 19.5 Å². The van der Waals surface area contributed by atoms with Crippen LogP contribution in [0.15, 0.2) is 71.3 Å². The van der Waals surface area contributed by atoms with E-state index in [-0.39, 0.29) is 17.4 Å². The first-order valence-electron chi connectivity index (χ1n) is 9.80. The van der Waals surface area contributed by atoms with Crippen molar-refractivity contribution in [1.82, 2.24) is 4.90 Å². The number of aromatic carboxylic acids is 1. The van der Waals surface area contributed by atoms with Gasteiger partial charge in [-0.05, 0) is 47.7 Å². The molecular formula is C24H23NO4. The summed E-state index contributed by atoms with van der Waals surface area (Å²) in [5.74, 6) is -0.0285. The summed E-state index contributed by atoms with van der Waals surface area (Å²) >= 11 is 0. The van der Waals surface area contributed by atoms with Crippen molar-refractivity contribution >= 4 is 11.9 Å². The number of amides is 1. The summed E-state index contributed by atoms with van der Waals surface area (Å²) in [4.78, 5) is 26.4. The predicted octanol–water partition coefficient (Wildman–Crippen LogP) is 4.31. The molecule has 0 unspecified atom stereocenters. The second kappa shape index (κ2) is 8.35. The zero-order chi connectivity index (χ0) is 20.2. The van der Waals surface area contributed by atoms with Crippen LogP contribution < -0.4 is 0 Å². The zero-order valence-electron chi connectivity index (χ0n) is 16.1. The number of hydrogen-bond acceptors (Lipinski definition) is 3. The van der Waals surface area contributed by atoms with Crippen molar-refractivity contribution in [2.45, 2.75) is 32.4 Å². The topological polar surface area (TPSA) is 70.8 Å².